The summed E-state index contributed by atoms with van der Waals surface area (Å²) in [7, 11) is 1.24. The van der Waals surface area contributed by atoms with Gasteiger partial charge < -0.3 is 20.1 Å². The fourth-order valence-electron chi connectivity index (χ4n) is 2.77. The molecule has 2 rings (SSSR count). The van der Waals surface area contributed by atoms with E-state index < -0.39 is 23.9 Å². The van der Waals surface area contributed by atoms with Crippen LogP contribution in [-0.4, -0.2) is 68.0 Å². The SMILES string of the molecule is CCOC(=O)c1ccccc1NC(=O)CN1CCNC(=O)[C@@H]1CC(=O)OC. The number of para-hydroxylation sites is 1. The number of nitrogens with zero attached hydrogens (tertiary/aromatic N) is 1. The summed E-state index contributed by atoms with van der Waals surface area (Å²) < 4.78 is 9.60. The molecule has 1 atom stereocenters. The van der Waals surface area contributed by atoms with Gasteiger partial charge in [0.2, 0.25) is 11.8 Å². The summed E-state index contributed by atoms with van der Waals surface area (Å²) in [5.74, 6) is -1.80. The van der Waals surface area contributed by atoms with Crippen molar-refractivity contribution in [3.8, 4) is 0 Å². The quantitative estimate of drug-likeness (QED) is 0.651. The van der Waals surface area contributed by atoms with Crippen LogP contribution in [0.25, 0.3) is 0 Å². The molecule has 27 heavy (non-hydrogen) atoms. The molecule has 0 aromatic heterocycles. The van der Waals surface area contributed by atoms with Gasteiger partial charge in [-0.2, -0.15) is 0 Å². The second-order valence-electron chi connectivity index (χ2n) is 5.87. The Labute approximate surface area is 157 Å². The van der Waals surface area contributed by atoms with E-state index in [1.54, 1.807) is 36.1 Å². The van der Waals surface area contributed by atoms with Gasteiger partial charge in [-0.25, -0.2) is 4.79 Å². The number of hydrogen-bond acceptors (Lipinski definition) is 7. The van der Waals surface area contributed by atoms with Gasteiger partial charge in [-0.15, -0.1) is 0 Å². The standard InChI is InChI=1S/C18H23N3O6/c1-3-27-18(25)12-6-4-5-7-13(12)20-15(22)11-21-9-8-19-17(24)14(21)10-16(23)26-2/h4-7,14H,3,8-11H2,1-2H3,(H,19,24)(H,20,22)/t14-/m0/s1. The maximum Gasteiger partial charge on any atom is 0.340 e. The van der Waals surface area contributed by atoms with E-state index in [2.05, 4.69) is 15.4 Å². The first kappa shape index (κ1) is 20.4. The van der Waals surface area contributed by atoms with Crippen LogP contribution in [0.15, 0.2) is 24.3 Å². The van der Waals surface area contributed by atoms with Crippen LogP contribution in [0.3, 0.4) is 0 Å². The first-order chi connectivity index (χ1) is 13.0. The molecule has 0 spiro atoms. The summed E-state index contributed by atoms with van der Waals surface area (Å²) in [6.07, 6.45) is -0.144. The lowest BCUT2D eigenvalue weighted by atomic mass is 10.1. The predicted molar refractivity (Wildman–Crippen MR) is 96.0 cm³/mol. The smallest absolute Gasteiger partial charge is 0.340 e. The molecule has 0 aliphatic carbocycles. The average molecular weight is 377 g/mol. The molecule has 0 radical (unpaired) electrons. The first-order valence-electron chi connectivity index (χ1n) is 8.60. The molecule has 0 bridgehead atoms. The molecule has 1 heterocycles. The van der Waals surface area contributed by atoms with Gasteiger partial charge in [0.1, 0.15) is 6.04 Å². The molecule has 1 aliphatic rings. The van der Waals surface area contributed by atoms with Gasteiger partial charge in [0, 0.05) is 13.1 Å². The van der Waals surface area contributed by atoms with Crippen LogP contribution in [0.5, 0.6) is 0 Å². The summed E-state index contributed by atoms with van der Waals surface area (Å²) in [5.41, 5.74) is 0.571. The van der Waals surface area contributed by atoms with Crippen LogP contribution in [0.4, 0.5) is 5.69 Å². The molecule has 146 valence electrons. The Bertz CT molecular complexity index is 721. The molecule has 2 amide bonds. The van der Waals surface area contributed by atoms with Gasteiger partial charge in [-0.1, -0.05) is 12.1 Å². The summed E-state index contributed by atoms with van der Waals surface area (Å²) in [6.45, 7) is 2.61. The maximum atomic E-state index is 12.5. The molecular weight excluding hydrogens is 354 g/mol. The number of esters is 2. The highest BCUT2D eigenvalue weighted by atomic mass is 16.5. The number of ether oxygens (including phenoxy) is 2. The molecule has 9 nitrogen and oxygen atoms in total. The lowest BCUT2D eigenvalue weighted by molar-refractivity contribution is -0.146. The third-order valence-electron chi connectivity index (χ3n) is 4.07. The predicted octanol–water partition coefficient (Wildman–Crippen LogP) is 0.165. The normalized spacial score (nSPS) is 17.0. The zero-order valence-corrected chi connectivity index (χ0v) is 15.3. The lowest BCUT2D eigenvalue weighted by Crippen LogP contribution is -2.57. The molecule has 2 N–H and O–H groups in total. The van der Waals surface area contributed by atoms with Crippen molar-refractivity contribution in [2.45, 2.75) is 19.4 Å². The molecular formula is C18H23N3O6. The van der Waals surface area contributed by atoms with Gasteiger partial charge in [0.15, 0.2) is 0 Å². The lowest BCUT2D eigenvalue weighted by Gasteiger charge is -2.33. The largest absolute Gasteiger partial charge is 0.469 e. The van der Waals surface area contributed by atoms with E-state index in [-0.39, 0.29) is 31.0 Å². The Morgan fingerprint density at radius 3 is 2.74 bits per heavy atom. The van der Waals surface area contributed by atoms with Crippen molar-refractivity contribution in [2.75, 3.05) is 38.7 Å². The highest BCUT2D eigenvalue weighted by Gasteiger charge is 2.33. The average Bonchev–Trinajstić information content (AvgIpc) is 2.65. The molecule has 1 aromatic rings. The molecule has 9 heteroatoms. The number of hydrogen-bond donors (Lipinski definition) is 2. The van der Waals surface area contributed by atoms with Crippen LogP contribution >= 0.6 is 0 Å². The molecule has 1 aromatic carbocycles. The second-order valence-corrected chi connectivity index (χ2v) is 5.87. The Hall–Kier alpha value is -2.94. The number of piperazine rings is 1. The van der Waals surface area contributed by atoms with Gasteiger partial charge in [0.25, 0.3) is 0 Å². The topological polar surface area (TPSA) is 114 Å². The second kappa shape index (κ2) is 9.67. The van der Waals surface area contributed by atoms with Crippen molar-refractivity contribution in [3.05, 3.63) is 29.8 Å². The van der Waals surface area contributed by atoms with E-state index in [0.29, 0.717) is 18.8 Å². The number of benzene rings is 1. The van der Waals surface area contributed by atoms with E-state index in [4.69, 9.17) is 4.74 Å². The Morgan fingerprint density at radius 1 is 1.30 bits per heavy atom. The zero-order chi connectivity index (χ0) is 19.8. The van der Waals surface area contributed by atoms with Crippen molar-refractivity contribution < 1.29 is 28.7 Å². The highest BCUT2D eigenvalue weighted by molar-refractivity contribution is 6.02. The molecule has 0 saturated carbocycles. The van der Waals surface area contributed by atoms with E-state index in [9.17, 15) is 19.2 Å². The van der Waals surface area contributed by atoms with Crippen LogP contribution in [-0.2, 0) is 23.9 Å². The zero-order valence-electron chi connectivity index (χ0n) is 15.3. The van der Waals surface area contributed by atoms with Crippen molar-refractivity contribution >= 4 is 29.4 Å². The number of nitrogens with one attached hydrogen (secondary N) is 2. The summed E-state index contributed by atoms with van der Waals surface area (Å²) >= 11 is 0. The van der Waals surface area contributed by atoms with E-state index in [1.807, 2.05) is 0 Å². The monoisotopic (exact) mass is 377 g/mol. The van der Waals surface area contributed by atoms with Crippen molar-refractivity contribution in [1.29, 1.82) is 0 Å². The third-order valence-corrected chi connectivity index (χ3v) is 4.07. The molecule has 1 fully saturated rings. The Balaban J connectivity index is 2.07. The minimum Gasteiger partial charge on any atom is -0.469 e. The van der Waals surface area contributed by atoms with E-state index >= 15 is 0 Å². The van der Waals surface area contributed by atoms with Crippen LogP contribution < -0.4 is 10.6 Å². The first-order valence-corrected chi connectivity index (χ1v) is 8.60. The summed E-state index contributed by atoms with van der Waals surface area (Å²) in [5, 5.41) is 5.34. The van der Waals surface area contributed by atoms with Crippen molar-refractivity contribution in [1.82, 2.24) is 10.2 Å². The van der Waals surface area contributed by atoms with E-state index in [0.717, 1.165) is 0 Å². The highest BCUT2D eigenvalue weighted by Crippen LogP contribution is 2.17. The van der Waals surface area contributed by atoms with Crippen molar-refractivity contribution in [3.63, 3.8) is 0 Å². The fourth-order valence-corrected chi connectivity index (χ4v) is 2.77. The van der Waals surface area contributed by atoms with Crippen LogP contribution in [0.2, 0.25) is 0 Å². The van der Waals surface area contributed by atoms with Gasteiger partial charge in [-0.3, -0.25) is 19.3 Å². The number of carbonyl (C=O) groups is 4. The molecule has 1 saturated heterocycles. The minimum absolute atomic E-state index is 0.105. The van der Waals surface area contributed by atoms with Gasteiger partial charge >= 0.3 is 11.9 Å². The van der Waals surface area contributed by atoms with E-state index in [1.165, 1.54) is 7.11 Å². The van der Waals surface area contributed by atoms with Crippen LogP contribution in [0, 0.1) is 0 Å². The molecule has 0 unspecified atom stereocenters. The fraction of sp³-hybridized carbons (Fsp3) is 0.444. The number of carbonyl (C=O) groups excluding carboxylic acids is 4. The minimum atomic E-state index is -0.780. The number of amides is 2. The summed E-state index contributed by atoms with van der Waals surface area (Å²) in [6, 6.07) is 5.73. The number of rotatable bonds is 7. The Morgan fingerprint density at radius 2 is 2.04 bits per heavy atom. The number of methoxy groups -OCH3 is 1. The van der Waals surface area contributed by atoms with Gasteiger partial charge in [0.05, 0.1) is 37.9 Å². The summed E-state index contributed by atoms with van der Waals surface area (Å²) in [4.78, 5) is 49.7. The molecule has 1 aliphatic heterocycles. The Kier molecular flexibility index (Phi) is 7.30. The van der Waals surface area contributed by atoms with Crippen LogP contribution in [0.1, 0.15) is 23.7 Å². The maximum absolute atomic E-state index is 12.5. The van der Waals surface area contributed by atoms with Gasteiger partial charge in [-0.05, 0) is 19.1 Å². The van der Waals surface area contributed by atoms with Crippen molar-refractivity contribution in [2.24, 2.45) is 0 Å². The third kappa shape index (κ3) is 5.52. The number of anilines is 1.